The Kier molecular flexibility index (Phi) is 10.4. The smallest absolute Gasteiger partial charge is 0.475 e. The first-order valence-electron chi connectivity index (χ1n) is 7.17. The van der Waals surface area contributed by atoms with Crippen LogP contribution in [0.5, 0.6) is 0 Å². The van der Waals surface area contributed by atoms with Crippen LogP contribution in [-0.4, -0.2) is 49.0 Å². The van der Waals surface area contributed by atoms with Crippen LogP contribution in [-0.2, 0) is 25.7 Å². The van der Waals surface area contributed by atoms with Crippen LogP contribution < -0.4 is 11.1 Å². The van der Waals surface area contributed by atoms with Gasteiger partial charge in [-0.2, -0.15) is 13.2 Å². The lowest BCUT2D eigenvalue weighted by atomic mass is 10.2. The van der Waals surface area contributed by atoms with Crippen LogP contribution in [0.1, 0.15) is 12.0 Å². The maximum absolute atomic E-state index is 11.5. The van der Waals surface area contributed by atoms with E-state index < -0.39 is 30.2 Å². The highest BCUT2D eigenvalue weighted by atomic mass is 19.4. The van der Waals surface area contributed by atoms with E-state index in [0.29, 0.717) is 6.42 Å². The lowest BCUT2D eigenvalue weighted by Gasteiger charge is -2.15. The molecule has 0 heterocycles. The fraction of sp³-hybridized carbons (Fsp3) is 0.400. The van der Waals surface area contributed by atoms with Gasteiger partial charge >= 0.3 is 24.2 Å². The lowest BCUT2D eigenvalue weighted by molar-refractivity contribution is -0.192. The average Bonchev–Trinajstić information content (AvgIpc) is 2.59. The van der Waals surface area contributed by atoms with Crippen molar-refractivity contribution in [2.24, 2.45) is 5.73 Å². The van der Waals surface area contributed by atoms with Crippen molar-refractivity contribution >= 4 is 18.0 Å². The maximum atomic E-state index is 11.5. The molecule has 0 radical (unpaired) electrons. The van der Waals surface area contributed by atoms with Gasteiger partial charge in [-0.05, 0) is 18.5 Å². The summed E-state index contributed by atoms with van der Waals surface area (Å²) in [6, 6.07) is 8.47. The minimum Gasteiger partial charge on any atom is -0.475 e. The summed E-state index contributed by atoms with van der Waals surface area (Å²) >= 11 is 0. The number of alkyl carbamates (subject to hydrolysis) is 1. The summed E-state index contributed by atoms with van der Waals surface area (Å²) in [5, 5.41) is 9.55. The first-order valence-corrected chi connectivity index (χ1v) is 7.17. The van der Waals surface area contributed by atoms with E-state index in [1.54, 1.807) is 0 Å². The van der Waals surface area contributed by atoms with E-state index in [0.717, 1.165) is 5.56 Å². The Morgan fingerprint density at radius 1 is 1.23 bits per heavy atom. The van der Waals surface area contributed by atoms with E-state index in [1.165, 1.54) is 7.11 Å². The molecule has 1 amide bonds. The topological polar surface area (TPSA) is 128 Å². The SMILES string of the molecule is COC(=O)C(CCN)NC(=O)OCc1ccccc1.O=C(O)C(F)(F)F. The summed E-state index contributed by atoms with van der Waals surface area (Å²) in [5.41, 5.74) is 6.23. The van der Waals surface area contributed by atoms with Crippen molar-refractivity contribution in [2.45, 2.75) is 25.2 Å². The summed E-state index contributed by atoms with van der Waals surface area (Å²) in [6.45, 7) is 0.405. The third-order valence-electron chi connectivity index (χ3n) is 2.69. The fourth-order valence-corrected chi connectivity index (χ4v) is 1.46. The minimum atomic E-state index is -5.08. The molecular weight excluding hydrogens is 361 g/mol. The van der Waals surface area contributed by atoms with Gasteiger partial charge in [-0.3, -0.25) is 0 Å². The number of alkyl halides is 3. The fourth-order valence-electron chi connectivity index (χ4n) is 1.46. The van der Waals surface area contributed by atoms with Gasteiger partial charge in [0.2, 0.25) is 0 Å². The third-order valence-corrected chi connectivity index (χ3v) is 2.69. The maximum Gasteiger partial charge on any atom is 0.490 e. The lowest BCUT2D eigenvalue weighted by Crippen LogP contribution is -2.42. The number of esters is 1. The van der Waals surface area contributed by atoms with Crippen molar-refractivity contribution in [2.75, 3.05) is 13.7 Å². The number of carboxylic acid groups (broad SMARTS) is 1. The van der Waals surface area contributed by atoms with Gasteiger partial charge in [0.1, 0.15) is 12.6 Å². The number of amides is 1. The van der Waals surface area contributed by atoms with Crippen molar-refractivity contribution < 1.29 is 42.1 Å². The van der Waals surface area contributed by atoms with Crippen LogP contribution in [0.3, 0.4) is 0 Å². The molecule has 0 saturated heterocycles. The number of aliphatic carboxylic acids is 1. The third kappa shape index (κ3) is 10.1. The summed E-state index contributed by atoms with van der Waals surface area (Å²) in [5.74, 6) is -3.30. The van der Waals surface area contributed by atoms with Gasteiger partial charge in [0.15, 0.2) is 0 Å². The molecule has 11 heteroatoms. The van der Waals surface area contributed by atoms with Gasteiger partial charge < -0.3 is 25.6 Å². The zero-order chi connectivity index (χ0) is 20.2. The number of rotatable bonds is 6. The van der Waals surface area contributed by atoms with Gasteiger partial charge in [-0.25, -0.2) is 14.4 Å². The van der Waals surface area contributed by atoms with Crippen molar-refractivity contribution in [3.8, 4) is 0 Å². The molecule has 0 bridgehead atoms. The average molecular weight is 380 g/mol. The molecule has 1 atom stereocenters. The van der Waals surface area contributed by atoms with E-state index in [9.17, 15) is 22.8 Å². The summed E-state index contributed by atoms with van der Waals surface area (Å²) in [6.07, 6.45) is -5.46. The molecule has 0 spiro atoms. The first kappa shape index (κ1) is 23.2. The summed E-state index contributed by atoms with van der Waals surface area (Å²) < 4.78 is 41.3. The molecule has 4 N–H and O–H groups in total. The molecule has 1 rings (SSSR count). The second-order valence-electron chi connectivity index (χ2n) is 4.66. The number of nitrogens with two attached hydrogens (primary N) is 1. The van der Waals surface area contributed by atoms with Gasteiger partial charge in [-0.15, -0.1) is 0 Å². The number of methoxy groups -OCH3 is 1. The van der Waals surface area contributed by atoms with E-state index >= 15 is 0 Å². The van der Waals surface area contributed by atoms with Crippen LogP contribution in [0, 0.1) is 0 Å². The van der Waals surface area contributed by atoms with Gasteiger partial charge in [-0.1, -0.05) is 30.3 Å². The molecule has 0 aliphatic carbocycles. The Morgan fingerprint density at radius 3 is 2.19 bits per heavy atom. The molecular formula is C15H19F3N2O6. The van der Waals surface area contributed by atoms with Crippen LogP contribution in [0.25, 0.3) is 0 Å². The molecule has 26 heavy (non-hydrogen) atoms. The highest BCUT2D eigenvalue weighted by molar-refractivity contribution is 5.81. The molecule has 0 saturated carbocycles. The largest absolute Gasteiger partial charge is 0.490 e. The zero-order valence-electron chi connectivity index (χ0n) is 13.8. The zero-order valence-corrected chi connectivity index (χ0v) is 13.8. The molecule has 0 aromatic heterocycles. The molecule has 8 nitrogen and oxygen atoms in total. The number of carboxylic acids is 1. The Bertz CT molecular complexity index is 580. The van der Waals surface area contributed by atoms with Crippen LogP contribution in [0.4, 0.5) is 18.0 Å². The number of halogens is 3. The number of benzene rings is 1. The number of carbonyl (C=O) groups excluding carboxylic acids is 2. The first-order chi connectivity index (χ1) is 12.1. The van der Waals surface area contributed by atoms with Crippen LogP contribution >= 0.6 is 0 Å². The standard InChI is InChI=1S/C13H18N2O4.C2HF3O2/c1-18-12(16)11(7-8-14)15-13(17)19-9-10-5-3-2-4-6-10;3-2(4,5)1(6)7/h2-6,11H,7-9,14H2,1H3,(H,15,17);(H,6,7). The van der Waals surface area contributed by atoms with E-state index in [2.05, 4.69) is 10.1 Å². The number of ether oxygens (including phenoxy) is 2. The van der Waals surface area contributed by atoms with Gasteiger partial charge in [0.25, 0.3) is 0 Å². The van der Waals surface area contributed by atoms with Gasteiger partial charge in [0, 0.05) is 0 Å². The quantitative estimate of drug-likeness (QED) is 0.637. The van der Waals surface area contributed by atoms with E-state index in [4.69, 9.17) is 20.4 Å². The van der Waals surface area contributed by atoms with E-state index in [-0.39, 0.29) is 13.2 Å². The van der Waals surface area contributed by atoms with E-state index in [1.807, 2.05) is 30.3 Å². The molecule has 1 aromatic carbocycles. The Labute approximate surface area is 147 Å². The highest BCUT2D eigenvalue weighted by Crippen LogP contribution is 2.13. The molecule has 0 aliphatic heterocycles. The Morgan fingerprint density at radius 2 is 1.77 bits per heavy atom. The normalized spacial score (nSPS) is 11.4. The highest BCUT2D eigenvalue weighted by Gasteiger charge is 2.38. The number of hydrogen-bond donors (Lipinski definition) is 3. The summed E-state index contributed by atoms with van der Waals surface area (Å²) in [7, 11) is 1.25. The predicted octanol–water partition coefficient (Wildman–Crippen LogP) is 1.44. The number of nitrogens with one attached hydrogen (secondary N) is 1. The van der Waals surface area contributed by atoms with Crippen LogP contribution in [0.15, 0.2) is 30.3 Å². The predicted molar refractivity (Wildman–Crippen MR) is 82.9 cm³/mol. The van der Waals surface area contributed by atoms with Crippen molar-refractivity contribution in [1.29, 1.82) is 0 Å². The Balaban J connectivity index is 0.000000758. The Hall–Kier alpha value is -2.82. The number of hydrogen-bond acceptors (Lipinski definition) is 6. The molecule has 1 aromatic rings. The second-order valence-corrected chi connectivity index (χ2v) is 4.66. The molecule has 1 unspecified atom stereocenters. The molecule has 0 aliphatic rings. The van der Waals surface area contributed by atoms with Crippen LogP contribution in [0.2, 0.25) is 0 Å². The molecule has 146 valence electrons. The van der Waals surface area contributed by atoms with Crippen molar-refractivity contribution in [1.82, 2.24) is 5.32 Å². The number of carbonyl (C=O) groups is 3. The van der Waals surface area contributed by atoms with Crippen molar-refractivity contribution in [3.63, 3.8) is 0 Å². The second kappa shape index (κ2) is 11.7. The molecule has 0 fully saturated rings. The van der Waals surface area contributed by atoms with Crippen molar-refractivity contribution in [3.05, 3.63) is 35.9 Å². The minimum absolute atomic E-state index is 0.142. The monoisotopic (exact) mass is 380 g/mol. The van der Waals surface area contributed by atoms with Gasteiger partial charge in [0.05, 0.1) is 7.11 Å². The summed E-state index contributed by atoms with van der Waals surface area (Å²) in [4.78, 5) is 31.8.